The lowest BCUT2D eigenvalue weighted by molar-refractivity contribution is -0.115. The fourth-order valence-corrected chi connectivity index (χ4v) is 1.61. The molecule has 1 rings (SSSR count). The largest absolute Gasteiger partial charge is 0.325 e. The maximum atomic E-state index is 11.7. The molecule has 0 saturated carbocycles. The fraction of sp³-hybridized carbons (Fsp3) is 0.357. The number of carbonyl (C=O) groups is 1. The van der Waals surface area contributed by atoms with Gasteiger partial charge in [0.1, 0.15) is 0 Å². The number of nitrogens with one attached hydrogen (secondary N) is 2. The summed E-state index contributed by atoms with van der Waals surface area (Å²) in [6.07, 6.45) is 6.73. The van der Waals surface area contributed by atoms with Crippen LogP contribution in [0.3, 0.4) is 0 Å². The van der Waals surface area contributed by atoms with Crippen LogP contribution in [0.5, 0.6) is 0 Å². The van der Waals surface area contributed by atoms with Crippen LogP contribution < -0.4 is 10.6 Å². The maximum Gasteiger partial charge on any atom is 0.238 e. The first kappa shape index (κ1) is 14.6. The van der Waals surface area contributed by atoms with E-state index < -0.39 is 0 Å². The van der Waals surface area contributed by atoms with Gasteiger partial charge in [0.25, 0.3) is 0 Å². The molecular weight excluding hydrogens is 248 g/mol. The van der Waals surface area contributed by atoms with Crippen molar-refractivity contribution in [2.45, 2.75) is 19.8 Å². The van der Waals surface area contributed by atoms with Crippen LogP contribution in [0.1, 0.15) is 18.4 Å². The van der Waals surface area contributed by atoms with Crippen LogP contribution >= 0.6 is 11.6 Å². The summed E-state index contributed by atoms with van der Waals surface area (Å²) >= 11 is 5.88. The van der Waals surface area contributed by atoms with E-state index >= 15 is 0 Å². The summed E-state index contributed by atoms with van der Waals surface area (Å²) in [5, 5.41) is 6.46. The Bertz CT molecular complexity index is 452. The van der Waals surface area contributed by atoms with Gasteiger partial charge < -0.3 is 10.6 Å². The van der Waals surface area contributed by atoms with E-state index in [1.807, 2.05) is 13.0 Å². The molecule has 0 aromatic heterocycles. The van der Waals surface area contributed by atoms with Crippen LogP contribution in [0.4, 0.5) is 5.69 Å². The molecule has 18 heavy (non-hydrogen) atoms. The van der Waals surface area contributed by atoms with E-state index in [0.717, 1.165) is 30.6 Å². The summed E-state index contributed by atoms with van der Waals surface area (Å²) < 4.78 is 0. The Morgan fingerprint density at radius 2 is 2.28 bits per heavy atom. The van der Waals surface area contributed by atoms with Crippen LogP contribution in [0.15, 0.2) is 18.2 Å². The number of terminal acetylenes is 1. The predicted octanol–water partition coefficient (Wildman–Crippen LogP) is 2.59. The molecule has 0 fully saturated rings. The van der Waals surface area contributed by atoms with Crippen LogP contribution in [-0.4, -0.2) is 19.0 Å². The Morgan fingerprint density at radius 3 is 3.00 bits per heavy atom. The molecule has 2 N–H and O–H groups in total. The number of anilines is 1. The van der Waals surface area contributed by atoms with Crippen molar-refractivity contribution in [1.29, 1.82) is 0 Å². The van der Waals surface area contributed by atoms with Crippen molar-refractivity contribution in [3.63, 3.8) is 0 Å². The van der Waals surface area contributed by atoms with Crippen LogP contribution in [0.2, 0.25) is 5.02 Å². The monoisotopic (exact) mass is 264 g/mol. The van der Waals surface area contributed by atoms with Gasteiger partial charge in [0, 0.05) is 17.1 Å². The number of benzene rings is 1. The number of amides is 1. The van der Waals surface area contributed by atoms with E-state index in [2.05, 4.69) is 16.6 Å². The third-order valence-corrected chi connectivity index (χ3v) is 2.67. The average molecular weight is 265 g/mol. The molecule has 0 atom stereocenters. The zero-order chi connectivity index (χ0) is 13.4. The van der Waals surface area contributed by atoms with Gasteiger partial charge >= 0.3 is 0 Å². The molecule has 1 amide bonds. The highest BCUT2D eigenvalue weighted by Gasteiger charge is 2.04. The van der Waals surface area contributed by atoms with Crippen LogP contribution in [0, 0.1) is 19.3 Å². The van der Waals surface area contributed by atoms with Crippen molar-refractivity contribution in [2.24, 2.45) is 0 Å². The lowest BCUT2D eigenvalue weighted by atomic mass is 10.2. The van der Waals surface area contributed by atoms with Gasteiger partial charge in [0.15, 0.2) is 0 Å². The summed E-state index contributed by atoms with van der Waals surface area (Å²) in [6, 6.07) is 5.41. The summed E-state index contributed by atoms with van der Waals surface area (Å²) in [4.78, 5) is 11.7. The highest BCUT2D eigenvalue weighted by atomic mass is 35.5. The molecule has 0 aliphatic rings. The molecule has 0 saturated heterocycles. The number of rotatable bonds is 6. The topological polar surface area (TPSA) is 41.1 Å². The second kappa shape index (κ2) is 7.75. The molecule has 3 nitrogen and oxygen atoms in total. The van der Waals surface area contributed by atoms with Gasteiger partial charge in [-0.3, -0.25) is 4.79 Å². The molecule has 1 aromatic rings. The van der Waals surface area contributed by atoms with Gasteiger partial charge in [0.2, 0.25) is 5.91 Å². The molecule has 1 aromatic carbocycles. The SMILES string of the molecule is C#CCCCNCC(=O)Nc1cc(Cl)ccc1C. The first-order chi connectivity index (χ1) is 8.63. The van der Waals surface area contributed by atoms with E-state index in [9.17, 15) is 4.79 Å². The lowest BCUT2D eigenvalue weighted by Gasteiger charge is -2.09. The molecule has 0 heterocycles. The number of unbranched alkanes of at least 4 members (excludes halogenated alkanes) is 1. The molecular formula is C14H17ClN2O. The van der Waals surface area contributed by atoms with Gasteiger partial charge in [-0.05, 0) is 37.6 Å². The second-order valence-electron chi connectivity index (χ2n) is 3.99. The Hall–Kier alpha value is -1.50. The summed E-state index contributed by atoms with van der Waals surface area (Å²) in [6.45, 7) is 2.94. The first-order valence-corrected chi connectivity index (χ1v) is 6.21. The number of carbonyl (C=O) groups excluding carboxylic acids is 1. The zero-order valence-corrected chi connectivity index (χ0v) is 11.2. The zero-order valence-electron chi connectivity index (χ0n) is 10.4. The Morgan fingerprint density at radius 1 is 1.50 bits per heavy atom. The molecule has 0 bridgehead atoms. The third-order valence-electron chi connectivity index (χ3n) is 2.43. The Balaban J connectivity index is 2.36. The minimum atomic E-state index is -0.0823. The van der Waals surface area contributed by atoms with Gasteiger partial charge in [-0.25, -0.2) is 0 Å². The van der Waals surface area contributed by atoms with Crippen molar-refractivity contribution in [3.05, 3.63) is 28.8 Å². The van der Waals surface area contributed by atoms with Crippen molar-refractivity contribution < 1.29 is 4.79 Å². The normalized spacial score (nSPS) is 9.83. The van der Waals surface area contributed by atoms with Gasteiger partial charge in [-0.15, -0.1) is 12.3 Å². The Kier molecular flexibility index (Phi) is 6.27. The maximum absolute atomic E-state index is 11.7. The highest BCUT2D eigenvalue weighted by molar-refractivity contribution is 6.31. The van der Waals surface area contributed by atoms with Crippen molar-refractivity contribution in [1.82, 2.24) is 5.32 Å². The number of aryl methyl sites for hydroxylation is 1. The van der Waals surface area contributed by atoms with E-state index in [1.165, 1.54) is 0 Å². The second-order valence-corrected chi connectivity index (χ2v) is 4.43. The van der Waals surface area contributed by atoms with Crippen molar-refractivity contribution in [3.8, 4) is 12.3 Å². The van der Waals surface area contributed by atoms with Crippen molar-refractivity contribution in [2.75, 3.05) is 18.4 Å². The standard InChI is InChI=1S/C14H17ClN2O/c1-3-4-5-8-16-10-14(18)17-13-9-12(15)7-6-11(13)2/h1,6-7,9,16H,4-5,8,10H2,2H3,(H,17,18). The molecule has 0 aliphatic heterocycles. The van der Waals surface area contributed by atoms with Crippen LogP contribution in [0.25, 0.3) is 0 Å². The number of hydrogen-bond acceptors (Lipinski definition) is 2. The Labute approximate surface area is 113 Å². The number of halogens is 1. The quantitative estimate of drug-likeness (QED) is 0.613. The smallest absolute Gasteiger partial charge is 0.238 e. The lowest BCUT2D eigenvalue weighted by Crippen LogP contribution is -2.28. The minimum absolute atomic E-state index is 0.0823. The van der Waals surface area contributed by atoms with Crippen molar-refractivity contribution >= 4 is 23.2 Å². The molecule has 0 aliphatic carbocycles. The van der Waals surface area contributed by atoms with Crippen LogP contribution in [-0.2, 0) is 4.79 Å². The highest BCUT2D eigenvalue weighted by Crippen LogP contribution is 2.19. The van der Waals surface area contributed by atoms with Gasteiger partial charge in [-0.1, -0.05) is 17.7 Å². The summed E-state index contributed by atoms with van der Waals surface area (Å²) in [5.74, 6) is 2.47. The molecule has 0 radical (unpaired) electrons. The van der Waals surface area contributed by atoms with E-state index in [1.54, 1.807) is 12.1 Å². The molecule has 4 heteroatoms. The summed E-state index contributed by atoms with van der Waals surface area (Å²) in [5.41, 5.74) is 1.73. The molecule has 0 unspecified atom stereocenters. The average Bonchev–Trinajstić information content (AvgIpc) is 2.33. The minimum Gasteiger partial charge on any atom is -0.325 e. The third kappa shape index (κ3) is 5.22. The first-order valence-electron chi connectivity index (χ1n) is 5.83. The van der Waals surface area contributed by atoms with Gasteiger partial charge in [0.05, 0.1) is 6.54 Å². The fourth-order valence-electron chi connectivity index (χ4n) is 1.44. The summed E-state index contributed by atoms with van der Waals surface area (Å²) in [7, 11) is 0. The molecule has 96 valence electrons. The molecule has 0 spiro atoms. The van der Waals surface area contributed by atoms with Gasteiger partial charge in [-0.2, -0.15) is 0 Å². The number of hydrogen-bond donors (Lipinski definition) is 2. The predicted molar refractivity (Wildman–Crippen MR) is 75.8 cm³/mol. The van der Waals surface area contributed by atoms with E-state index in [-0.39, 0.29) is 12.5 Å². The van der Waals surface area contributed by atoms with E-state index in [4.69, 9.17) is 18.0 Å². The van der Waals surface area contributed by atoms with E-state index in [0.29, 0.717) is 5.02 Å².